The van der Waals surface area contributed by atoms with Crippen molar-refractivity contribution in [2.24, 2.45) is 0 Å². The summed E-state index contributed by atoms with van der Waals surface area (Å²) >= 11 is 0. The number of carboxylic acid groups (broad SMARTS) is 1. The number of aryl methyl sites for hydroxylation is 1. The van der Waals surface area contributed by atoms with Crippen LogP contribution in [-0.4, -0.2) is 23.1 Å². The number of carbonyl (C=O) groups excluding carboxylic acids is 1. The number of carboxylic acids is 1. The number of esters is 1. The summed E-state index contributed by atoms with van der Waals surface area (Å²) in [6, 6.07) is 4.69. The number of nitrogens with two attached hydrogens (primary N) is 1. The molecule has 1 aromatic carbocycles. The highest BCUT2D eigenvalue weighted by Crippen LogP contribution is 2.14. The molecule has 86 valence electrons. The van der Waals surface area contributed by atoms with Gasteiger partial charge in [-0.15, -0.1) is 0 Å². The number of hydrogen-bond acceptors (Lipinski definition) is 4. The van der Waals surface area contributed by atoms with Crippen molar-refractivity contribution in [1.82, 2.24) is 0 Å². The predicted octanol–water partition coefficient (Wildman–Crippen LogP) is 1.21. The fourth-order valence-corrected chi connectivity index (χ4v) is 1.05. The Hall–Kier alpha value is -2.04. The summed E-state index contributed by atoms with van der Waals surface area (Å²) in [4.78, 5) is 22.0. The molecule has 0 heterocycles. The lowest BCUT2D eigenvalue weighted by Gasteiger charge is -2.09. The van der Waals surface area contributed by atoms with Crippen molar-refractivity contribution >= 4 is 17.6 Å². The third kappa shape index (κ3) is 2.73. The molecule has 1 atom stereocenters. The summed E-state index contributed by atoms with van der Waals surface area (Å²) in [5, 5.41) is 8.57. The van der Waals surface area contributed by atoms with E-state index in [1.54, 1.807) is 12.1 Å². The average Bonchev–Trinajstić information content (AvgIpc) is 2.21. The predicted molar refractivity (Wildman–Crippen MR) is 58.1 cm³/mol. The van der Waals surface area contributed by atoms with E-state index in [1.165, 1.54) is 13.0 Å². The maximum absolute atomic E-state index is 11.5. The van der Waals surface area contributed by atoms with E-state index in [9.17, 15) is 9.59 Å². The second-order valence-corrected chi connectivity index (χ2v) is 3.46. The molecule has 0 amide bonds. The Morgan fingerprint density at radius 3 is 2.56 bits per heavy atom. The normalized spacial score (nSPS) is 11.9. The van der Waals surface area contributed by atoms with Crippen molar-refractivity contribution in [3.8, 4) is 0 Å². The lowest BCUT2D eigenvalue weighted by Crippen LogP contribution is -2.23. The molecular weight excluding hydrogens is 210 g/mol. The Labute approximate surface area is 92.8 Å². The van der Waals surface area contributed by atoms with E-state index in [0.29, 0.717) is 5.69 Å². The Bertz CT molecular complexity index is 428. The van der Waals surface area contributed by atoms with Gasteiger partial charge in [0.1, 0.15) is 0 Å². The maximum Gasteiger partial charge on any atom is 0.344 e. The number of anilines is 1. The molecule has 3 N–H and O–H groups in total. The highest BCUT2D eigenvalue weighted by molar-refractivity contribution is 5.92. The van der Waals surface area contributed by atoms with E-state index in [0.717, 1.165) is 5.56 Å². The number of benzene rings is 1. The first kappa shape index (κ1) is 12.0. The van der Waals surface area contributed by atoms with Crippen molar-refractivity contribution in [2.45, 2.75) is 20.0 Å². The third-order valence-corrected chi connectivity index (χ3v) is 2.15. The SMILES string of the molecule is Cc1ccc(C(=O)OC(C)C(=O)O)cc1N. The second-order valence-electron chi connectivity index (χ2n) is 3.46. The summed E-state index contributed by atoms with van der Waals surface area (Å²) in [6.07, 6.45) is -1.17. The van der Waals surface area contributed by atoms with Crippen LogP contribution in [0.3, 0.4) is 0 Å². The maximum atomic E-state index is 11.5. The zero-order valence-corrected chi connectivity index (χ0v) is 9.06. The van der Waals surface area contributed by atoms with Crippen LogP contribution < -0.4 is 5.73 Å². The van der Waals surface area contributed by atoms with Crippen LogP contribution in [0.2, 0.25) is 0 Å². The zero-order valence-electron chi connectivity index (χ0n) is 9.06. The van der Waals surface area contributed by atoms with Crippen molar-refractivity contribution in [1.29, 1.82) is 0 Å². The number of aliphatic carboxylic acids is 1. The summed E-state index contributed by atoms with van der Waals surface area (Å²) in [6.45, 7) is 3.10. The smallest absolute Gasteiger partial charge is 0.344 e. The highest BCUT2D eigenvalue weighted by Gasteiger charge is 2.17. The van der Waals surface area contributed by atoms with E-state index in [4.69, 9.17) is 15.6 Å². The summed E-state index contributed by atoms with van der Waals surface area (Å²) in [5.74, 6) is -1.88. The molecule has 0 aromatic heterocycles. The van der Waals surface area contributed by atoms with E-state index >= 15 is 0 Å². The van der Waals surface area contributed by atoms with Crippen LogP contribution in [-0.2, 0) is 9.53 Å². The molecule has 1 unspecified atom stereocenters. The Morgan fingerprint density at radius 2 is 2.06 bits per heavy atom. The van der Waals surface area contributed by atoms with Gasteiger partial charge in [0.2, 0.25) is 0 Å². The molecule has 0 spiro atoms. The second kappa shape index (κ2) is 4.65. The fraction of sp³-hybridized carbons (Fsp3) is 0.273. The van der Waals surface area contributed by atoms with Crippen molar-refractivity contribution < 1.29 is 19.4 Å². The Kier molecular flexibility index (Phi) is 3.50. The van der Waals surface area contributed by atoms with Crippen LogP contribution in [0.5, 0.6) is 0 Å². The molecule has 1 rings (SSSR count). The summed E-state index contributed by atoms with van der Waals surface area (Å²) in [5.41, 5.74) is 7.19. The minimum atomic E-state index is -1.19. The molecule has 0 radical (unpaired) electrons. The molecule has 5 heteroatoms. The van der Waals surface area contributed by atoms with Crippen LogP contribution in [0.25, 0.3) is 0 Å². The van der Waals surface area contributed by atoms with Gasteiger partial charge in [0.15, 0.2) is 6.10 Å². The van der Waals surface area contributed by atoms with Crippen LogP contribution in [0, 0.1) is 6.92 Å². The standard InChI is InChI=1S/C11H13NO4/c1-6-3-4-8(5-9(6)12)11(15)16-7(2)10(13)14/h3-5,7H,12H2,1-2H3,(H,13,14). The van der Waals surface area contributed by atoms with Gasteiger partial charge in [-0.05, 0) is 31.5 Å². The van der Waals surface area contributed by atoms with E-state index in [1.807, 2.05) is 6.92 Å². The first-order valence-electron chi connectivity index (χ1n) is 4.71. The molecular formula is C11H13NO4. The van der Waals surface area contributed by atoms with E-state index < -0.39 is 18.0 Å². The highest BCUT2D eigenvalue weighted by atomic mass is 16.6. The van der Waals surface area contributed by atoms with Crippen molar-refractivity contribution in [2.75, 3.05) is 5.73 Å². The number of carbonyl (C=O) groups is 2. The largest absolute Gasteiger partial charge is 0.479 e. The van der Waals surface area contributed by atoms with Crippen LogP contribution in [0.1, 0.15) is 22.8 Å². The number of hydrogen-bond donors (Lipinski definition) is 2. The van der Waals surface area contributed by atoms with Gasteiger partial charge in [-0.3, -0.25) is 0 Å². The van der Waals surface area contributed by atoms with E-state index in [-0.39, 0.29) is 5.56 Å². The molecule has 16 heavy (non-hydrogen) atoms. The van der Waals surface area contributed by atoms with Crippen LogP contribution >= 0.6 is 0 Å². The van der Waals surface area contributed by atoms with Gasteiger partial charge in [0.25, 0.3) is 0 Å². The van der Waals surface area contributed by atoms with Gasteiger partial charge in [-0.25, -0.2) is 9.59 Å². The van der Waals surface area contributed by atoms with Gasteiger partial charge in [-0.1, -0.05) is 6.07 Å². The Morgan fingerprint density at radius 1 is 1.44 bits per heavy atom. The number of rotatable bonds is 3. The lowest BCUT2D eigenvalue weighted by atomic mass is 10.1. The van der Waals surface area contributed by atoms with Gasteiger partial charge >= 0.3 is 11.9 Å². The molecule has 1 aromatic rings. The summed E-state index contributed by atoms with van der Waals surface area (Å²) in [7, 11) is 0. The van der Waals surface area contributed by atoms with Crippen molar-refractivity contribution in [3.63, 3.8) is 0 Å². The Balaban J connectivity index is 2.81. The van der Waals surface area contributed by atoms with Gasteiger partial charge < -0.3 is 15.6 Å². The van der Waals surface area contributed by atoms with Gasteiger partial charge in [-0.2, -0.15) is 0 Å². The molecule has 0 aliphatic heterocycles. The quantitative estimate of drug-likeness (QED) is 0.593. The molecule has 0 bridgehead atoms. The zero-order chi connectivity index (χ0) is 12.3. The molecule has 0 saturated heterocycles. The molecule has 0 saturated carbocycles. The minimum absolute atomic E-state index is 0.246. The minimum Gasteiger partial charge on any atom is -0.479 e. The number of ether oxygens (including phenoxy) is 1. The molecule has 0 fully saturated rings. The van der Waals surface area contributed by atoms with Crippen LogP contribution in [0.15, 0.2) is 18.2 Å². The molecule has 0 aliphatic carbocycles. The van der Waals surface area contributed by atoms with Gasteiger partial charge in [0.05, 0.1) is 5.56 Å². The molecule has 5 nitrogen and oxygen atoms in total. The molecule has 0 aliphatic rings. The van der Waals surface area contributed by atoms with Crippen LogP contribution in [0.4, 0.5) is 5.69 Å². The average molecular weight is 223 g/mol. The fourth-order valence-electron chi connectivity index (χ4n) is 1.05. The summed E-state index contributed by atoms with van der Waals surface area (Å²) < 4.78 is 4.70. The van der Waals surface area contributed by atoms with Crippen molar-refractivity contribution in [3.05, 3.63) is 29.3 Å². The van der Waals surface area contributed by atoms with Gasteiger partial charge in [0, 0.05) is 5.69 Å². The topological polar surface area (TPSA) is 89.6 Å². The first-order chi connectivity index (χ1) is 7.41. The monoisotopic (exact) mass is 223 g/mol. The number of nitrogen functional groups attached to an aromatic ring is 1. The lowest BCUT2D eigenvalue weighted by molar-refractivity contribution is -0.146. The van der Waals surface area contributed by atoms with E-state index in [2.05, 4.69) is 0 Å². The third-order valence-electron chi connectivity index (χ3n) is 2.15. The first-order valence-corrected chi connectivity index (χ1v) is 4.71.